The highest BCUT2D eigenvalue weighted by molar-refractivity contribution is 5.77. The van der Waals surface area contributed by atoms with E-state index in [0.29, 0.717) is 24.3 Å². The molecule has 0 aromatic heterocycles. The quantitative estimate of drug-likeness (QED) is 0.380. The summed E-state index contributed by atoms with van der Waals surface area (Å²) in [5.41, 5.74) is 3.74. The van der Waals surface area contributed by atoms with Gasteiger partial charge in [0.05, 0.1) is 17.2 Å². The Morgan fingerprint density at radius 2 is 2.20 bits per heavy atom. The van der Waals surface area contributed by atoms with E-state index < -0.39 is 4.92 Å². The van der Waals surface area contributed by atoms with Gasteiger partial charge in [0.2, 0.25) is 5.91 Å². The Bertz CT molecular complexity index is 492. The molecule has 0 bridgehead atoms. The number of hydrazine groups is 1. The van der Waals surface area contributed by atoms with E-state index in [4.69, 9.17) is 5.84 Å². The van der Waals surface area contributed by atoms with Gasteiger partial charge in [-0.3, -0.25) is 25.7 Å². The zero-order valence-corrected chi connectivity index (χ0v) is 11.5. The van der Waals surface area contributed by atoms with Crippen LogP contribution in [0.4, 0.5) is 11.4 Å². The maximum Gasteiger partial charge on any atom is 0.269 e. The molecule has 1 aromatic rings. The van der Waals surface area contributed by atoms with Crippen molar-refractivity contribution in [3.8, 4) is 0 Å². The lowest BCUT2D eigenvalue weighted by Gasteiger charge is -2.18. The third-order valence-corrected chi connectivity index (χ3v) is 2.68. The number of nitrogens with zero attached hydrogens (tertiary/aromatic N) is 2. The molecule has 0 saturated carbocycles. The zero-order chi connectivity index (χ0) is 15.1. The summed E-state index contributed by atoms with van der Waals surface area (Å²) in [7, 11) is 1.76. The number of carbonyl (C=O) groups excluding carboxylic acids is 1. The van der Waals surface area contributed by atoms with E-state index in [1.807, 2.05) is 6.92 Å². The molecule has 1 aromatic carbocycles. The van der Waals surface area contributed by atoms with Gasteiger partial charge in [0, 0.05) is 25.2 Å². The first-order valence-corrected chi connectivity index (χ1v) is 6.17. The third kappa shape index (κ3) is 4.48. The molecule has 0 atom stereocenters. The highest BCUT2D eigenvalue weighted by Crippen LogP contribution is 2.22. The largest absolute Gasteiger partial charge is 0.355 e. The second kappa shape index (κ2) is 7.41. The van der Waals surface area contributed by atoms with E-state index >= 15 is 0 Å². The molecule has 0 aliphatic heterocycles. The number of likely N-dealkylation sites (N-methyl/N-ethyl adjacent to an activating group) is 2. The molecule has 0 heterocycles. The van der Waals surface area contributed by atoms with Gasteiger partial charge >= 0.3 is 0 Å². The van der Waals surface area contributed by atoms with Crippen molar-refractivity contribution in [1.82, 2.24) is 10.2 Å². The summed E-state index contributed by atoms with van der Waals surface area (Å²) in [5, 5.41) is 13.5. The molecule has 0 unspecified atom stereocenters. The van der Waals surface area contributed by atoms with Crippen LogP contribution >= 0.6 is 0 Å². The monoisotopic (exact) mass is 281 g/mol. The van der Waals surface area contributed by atoms with E-state index in [0.717, 1.165) is 0 Å². The van der Waals surface area contributed by atoms with Gasteiger partial charge < -0.3 is 10.7 Å². The maximum atomic E-state index is 11.5. The number of non-ortho nitro benzene ring substituents is 1. The van der Waals surface area contributed by atoms with Crippen molar-refractivity contribution < 1.29 is 9.72 Å². The molecule has 0 aliphatic carbocycles. The molecule has 8 nitrogen and oxygen atoms in total. The van der Waals surface area contributed by atoms with Crippen molar-refractivity contribution in [1.29, 1.82) is 0 Å². The summed E-state index contributed by atoms with van der Waals surface area (Å²) in [6.07, 6.45) is 0. The Labute approximate surface area is 117 Å². The minimum absolute atomic E-state index is 0.00888. The number of hydrogen-bond donors (Lipinski definition) is 3. The third-order valence-electron chi connectivity index (χ3n) is 2.68. The van der Waals surface area contributed by atoms with Gasteiger partial charge in [0.1, 0.15) is 0 Å². The molecule has 4 N–H and O–H groups in total. The summed E-state index contributed by atoms with van der Waals surface area (Å²) >= 11 is 0. The van der Waals surface area contributed by atoms with Crippen LogP contribution in [0, 0.1) is 10.1 Å². The average molecular weight is 281 g/mol. The number of nitrogens with one attached hydrogen (secondary N) is 2. The number of nitrogens with two attached hydrogens (primary N) is 1. The van der Waals surface area contributed by atoms with Crippen molar-refractivity contribution in [2.75, 3.05) is 25.6 Å². The number of hydrogen-bond acceptors (Lipinski definition) is 6. The number of nitrogen functional groups attached to an aromatic ring is 1. The molecule has 1 amide bonds. The Morgan fingerprint density at radius 1 is 1.50 bits per heavy atom. The number of amides is 1. The highest BCUT2D eigenvalue weighted by Gasteiger charge is 2.13. The zero-order valence-electron chi connectivity index (χ0n) is 11.5. The number of benzene rings is 1. The topological polar surface area (TPSA) is 114 Å². The molecular weight excluding hydrogens is 262 g/mol. The van der Waals surface area contributed by atoms with Gasteiger partial charge in [0.25, 0.3) is 5.69 Å². The van der Waals surface area contributed by atoms with Crippen LogP contribution in [0.15, 0.2) is 18.2 Å². The Morgan fingerprint density at radius 3 is 2.75 bits per heavy atom. The second-order valence-electron chi connectivity index (χ2n) is 4.37. The minimum Gasteiger partial charge on any atom is -0.355 e. The Hall–Kier alpha value is -2.19. The molecule has 20 heavy (non-hydrogen) atoms. The lowest BCUT2D eigenvalue weighted by atomic mass is 10.1. The van der Waals surface area contributed by atoms with E-state index in [1.54, 1.807) is 18.0 Å². The molecule has 0 aliphatic rings. The minimum atomic E-state index is -0.465. The molecule has 1 rings (SSSR count). The smallest absolute Gasteiger partial charge is 0.269 e. The molecule has 0 spiro atoms. The number of carbonyl (C=O) groups is 1. The standard InChI is InChI=1S/C12H19N5O3/c1-3-14-12(18)8-16(2)7-9-6-10(17(19)20)4-5-11(9)15-13/h4-6,15H,3,7-8,13H2,1-2H3,(H,14,18). The normalized spacial score (nSPS) is 10.4. The highest BCUT2D eigenvalue weighted by atomic mass is 16.6. The lowest BCUT2D eigenvalue weighted by molar-refractivity contribution is -0.384. The molecule has 0 saturated heterocycles. The lowest BCUT2D eigenvalue weighted by Crippen LogP contribution is -2.34. The number of nitro groups is 1. The SMILES string of the molecule is CCNC(=O)CN(C)Cc1cc([N+](=O)[O-])ccc1NN. The first-order valence-electron chi connectivity index (χ1n) is 6.17. The molecule has 0 radical (unpaired) electrons. The predicted molar refractivity (Wildman–Crippen MR) is 75.9 cm³/mol. The fourth-order valence-corrected chi connectivity index (χ4v) is 1.81. The number of rotatable bonds is 7. The van der Waals surface area contributed by atoms with Crippen LogP contribution < -0.4 is 16.6 Å². The summed E-state index contributed by atoms with van der Waals surface area (Å²) in [6.45, 7) is 2.99. The van der Waals surface area contributed by atoms with Crippen LogP contribution in [0.1, 0.15) is 12.5 Å². The fourth-order valence-electron chi connectivity index (χ4n) is 1.81. The number of anilines is 1. The molecule has 110 valence electrons. The van der Waals surface area contributed by atoms with Gasteiger partial charge in [-0.2, -0.15) is 0 Å². The summed E-state index contributed by atoms with van der Waals surface area (Å²) < 4.78 is 0. The van der Waals surface area contributed by atoms with Crippen LogP contribution in [0.3, 0.4) is 0 Å². The Balaban J connectivity index is 2.81. The summed E-state index contributed by atoms with van der Waals surface area (Å²) in [4.78, 5) is 23.5. The van der Waals surface area contributed by atoms with Crippen LogP contribution in [-0.2, 0) is 11.3 Å². The molecular formula is C12H19N5O3. The predicted octanol–water partition coefficient (Wildman–Crippen LogP) is 0.448. The van der Waals surface area contributed by atoms with E-state index in [9.17, 15) is 14.9 Å². The van der Waals surface area contributed by atoms with Crippen LogP contribution in [-0.4, -0.2) is 35.9 Å². The average Bonchev–Trinajstić information content (AvgIpc) is 2.38. The van der Waals surface area contributed by atoms with Crippen molar-refractivity contribution in [3.05, 3.63) is 33.9 Å². The van der Waals surface area contributed by atoms with E-state index in [1.165, 1.54) is 12.1 Å². The fraction of sp³-hybridized carbons (Fsp3) is 0.417. The van der Waals surface area contributed by atoms with Crippen molar-refractivity contribution >= 4 is 17.3 Å². The van der Waals surface area contributed by atoms with Crippen LogP contribution in [0.2, 0.25) is 0 Å². The van der Waals surface area contributed by atoms with Crippen molar-refractivity contribution in [2.24, 2.45) is 5.84 Å². The van der Waals surface area contributed by atoms with Gasteiger partial charge in [-0.15, -0.1) is 0 Å². The maximum absolute atomic E-state index is 11.5. The van der Waals surface area contributed by atoms with E-state index in [2.05, 4.69) is 10.7 Å². The van der Waals surface area contributed by atoms with Gasteiger partial charge in [-0.1, -0.05) is 0 Å². The first-order chi connectivity index (χ1) is 9.47. The molecule has 8 heteroatoms. The molecule has 0 fully saturated rings. The van der Waals surface area contributed by atoms with E-state index in [-0.39, 0.29) is 18.1 Å². The van der Waals surface area contributed by atoms with Gasteiger partial charge in [0.15, 0.2) is 0 Å². The van der Waals surface area contributed by atoms with Crippen LogP contribution in [0.5, 0.6) is 0 Å². The van der Waals surface area contributed by atoms with Crippen molar-refractivity contribution in [3.63, 3.8) is 0 Å². The van der Waals surface area contributed by atoms with Gasteiger partial charge in [-0.05, 0) is 25.6 Å². The van der Waals surface area contributed by atoms with Gasteiger partial charge in [-0.25, -0.2) is 0 Å². The first kappa shape index (κ1) is 15.9. The summed E-state index contributed by atoms with van der Waals surface area (Å²) in [6, 6.07) is 4.37. The van der Waals surface area contributed by atoms with Crippen molar-refractivity contribution in [2.45, 2.75) is 13.5 Å². The van der Waals surface area contributed by atoms with Crippen LogP contribution in [0.25, 0.3) is 0 Å². The second-order valence-corrected chi connectivity index (χ2v) is 4.37. The summed E-state index contributed by atoms with van der Waals surface area (Å²) in [5.74, 6) is 5.29. The Kier molecular flexibility index (Phi) is 5.88. The number of nitro benzene ring substituents is 1.